The number of nitrogens with one attached hydrogen (secondary N) is 5. The van der Waals surface area contributed by atoms with Crippen molar-refractivity contribution in [3.05, 3.63) is 367 Å². The number of aromatic nitrogens is 12. The first-order valence-corrected chi connectivity index (χ1v) is 38.3. The van der Waals surface area contributed by atoms with Gasteiger partial charge < -0.3 is 59.7 Å². The lowest BCUT2D eigenvalue weighted by atomic mass is 10.1. The number of nitriles is 2. The molecule has 0 saturated heterocycles. The van der Waals surface area contributed by atoms with E-state index >= 15 is 0 Å². The first kappa shape index (κ1) is 92.0. The van der Waals surface area contributed by atoms with E-state index in [1.54, 1.807) is 84.9 Å². The van der Waals surface area contributed by atoms with Crippen molar-refractivity contribution in [1.29, 1.82) is 10.5 Å². The third-order valence-electron chi connectivity index (χ3n) is 16.4. The molecule has 0 atom stereocenters. The van der Waals surface area contributed by atoms with Gasteiger partial charge in [-0.15, -0.1) is 12.8 Å². The molecule has 0 saturated carbocycles. The third kappa shape index (κ3) is 29.2. The summed E-state index contributed by atoms with van der Waals surface area (Å²) in [4.78, 5) is 108. The molecule has 0 spiro atoms. The monoisotopic (exact) mass is 1740 g/mol. The van der Waals surface area contributed by atoms with Crippen LogP contribution >= 0.6 is 0 Å². The number of amides is 5. The number of hydrogen-bond acceptors (Lipinski definition) is 26. The fourth-order valence-electron chi connectivity index (χ4n) is 11.0. The lowest BCUT2D eigenvalue weighted by molar-refractivity contribution is 0.101. The highest BCUT2D eigenvalue weighted by Gasteiger charge is 2.19. The second-order valence-corrected chi connectivity index (χ2v) is 26.7. The minimum atomic E-state index is -0.613. The van der Waals surface area contributed by atoms with Crippen LogP contribution in [0.3, 0.4) is 0 Å². The quantitative estimate of drug-likeness (QED) is 0.0277. The number of hydrogen-bond donors (Lipinski definition) is 5. The molecule has 15 aromatic rings. The smallest absolute Gasteiger partial charge is 0.274 e. The van der Waals surface area contributed by atoms with Gasteiger partial charge in [-0.1, -0.05) is 35.6 Å². The van der Waals surface area contributed by atoms with Gasteiger partial charge in [-0.3, -0.25) is 33.9 Å². The molecule has 8 aromatic carbocycles. The van der Waals surface area contributed by atoms with Crippen LogP contribution in [0.15, 0.2) is 288 Å². The fraction of sp³-hybridized carbons (Fsp3) is 0.0632. The van der Waals surface area contributed by atoms with E-state index in [0.717, 1.165) is 23.8 Å². The Bertz CT molecular complexity index is 6680. The zero-order valence-corrected chi connectivity index (χ0v) is 68.7. The number of halogens is 4. The number of carbonyl (C=O) groups is 5. The Kier molecular flexibility index (Phi) is 32.9. The highest BCUT2D eigenvalue weighted by Crippen LogP contribution is 2.32. The van der Waals surface area contributed by atoms with Gasteiger partial charge in [-0.25, -0.2) is 67.4 Å². The van der Waals surface area contributed by atoms with Crippen molar-refractivity contribution in [3.8, 4) is 106 Å². The predicted molar refractivity (Wildman–Crippen MR) is 467 cm³/mol. The van der Waals surface area contributed by atoms with Crippen molar-refractivity contribution in [1.82, 2.24) is 59.8 Å². The summed E-state index contributed by atoms with van der Waals surface area (Å²) in [5, 5.41) is 31.6. The van der Waals surface area contributed by atoms with Gasteiger partial charge in [0, 0.05) is 124 Å². The maximum Gasteiger partial charge on any atom is 0.274 e. The maximum atomic E-state index is 13.9. The van der Waals surface area contributed by atoms with Crippen LogP contribution in [0.4, 0.5) is 46.0 Å². The van der Waals surface area contributed by atoms with Crippen molar-refractivity contribution in [3.63, 3.8) is 0 Å². The molecular formula is C95H69F4N19O12. The number of benzene rings is 8. The molecule has 7 heterocycles. The van der Waals surface area contributed by atoms with Crippen molar-refractivity contribution >= 4 is 58.0 Å². The van der Waals surface area contributed by atoms with Crippen LogP contribution in [-0.4, -0.2) is 102 Å². The molecule has 7 aromatic heterocycles. The van der Waals surface area contributed by atoms with Crippen LogP contribution in [0, 0.1) is 77.5 Å². The molecule has 0 fully saturated rings. The van der Waals surface area contributed by atoms with Gasteiger partial charge in [0.15, 0.2) is 28.7 Å². The summed E-state index contributed by atoms with van der Waals surface area (Å²) in [6.45, 7) is 7.99. The largest absolute Gasteiger partial charge is 0.494 e. The van der Waals surface area contributed by atoms with E-state index in [-0.39, 0.29) is 74.7 Å². The second kappa shape index (κ2) is 46.5. The molecule has 0 radical (unpaired) electrons. The SMILES string of the molecule is C#Cc1cc(C(=O)Nc2cc(F)cc(Oc3cncnc3)c2)ccc1F.C#Cc1cccc(C(=O)Nc2cc(C#N)cc(Oc3cncnc3)c2)c1.CC(C)Oc1ccnc(C(=O)Nc2cc(F)cc(Oc3cncnc3)c2)c1.CCOc1ccnc(C(=O)Nc2cc(F)cc(Oc3cncnc3)c2)c1.Cc1cccc(C(=O)Nc2cc(C#N)cc(Oc3cncnc3)c2)c1. The first-order valence-electron chi connectivity index (χ1n) is 38.3. The summed E-state index contributed by atoms with van der Waals surface area (Å²) in [7, 11) is 0. The van der Waals surface area contributed by atoms with Crippen molar-refractivity contribution in [2.24, 2.45) is 0 Å². The van der Waals surface area contributed by atoms with E-state index in [9.17, 15) is 52.1 Å². The topological polar surface area (TPSA) is 412 Å². The van der Waals surface area contributed by atoms with E-state index in [1.807, 2.05) is 45.9 Å². The second-order valence-electron chi connectivity index (χ2n) is 26.7. The molecule has 15 rings (SSSR count). The molecule has 5 N–H and O–H groups in total. The first-order chi connectivity index (χ1) is 63.0. The lowest BCUT2D eigenvalue weighted by Crippen LogP contribution is -2.14. The average Bonchev–Trinajstić information content (AvgIpc) is 0.847. The zero-order valence-electron chi connectivity index (χ0n) is 68.7. The average molecular weight is 1740 g/mol. The van der Waals surface area contributed by atoms with Gasteiger partial charge >= 0.3 is 0 Å². The Morgan fingerprint density at radius 1 is 0.362 bits per heavy atom. The van der Waals surface area contributed by atoms with Crippen LogP contribution in [0.1, 0.15) is 101 Å². The molecule has 0 unspecified atom stereocenters. The number of rotatable bonds is 24. The molecule has 31 nitrogen and oxygen atoms in total. The van der Waals surface area contributed by atoms with Gasteiger partial charge in [-0.2, -0.15) is 10.5 Å². The minimum absolute atomic E-state index is 0.0341. The van der Waals surface area contributed by atoms with Crippen LogP contribution < -0.4 is 59.7 Å². The third-order valence-corrected chi connectivity index (χ3v) is 16.4. The molecule has 130 heavy (non-hydrogen) atoms. The Balaban J connectivity index is 0.000000157. The van der Waals surface area contributed by atoms with Crippen molar-refractivity contribution in [2.75, 3.05) is 33.2 Å². The Morgan fingerprint density at radius 2 is 0.708 bits per heavy atom. The van der Waals surface area contributed by atoms with Gasteiger partial charge in [0.05, 0.1) is 104 Å². The molecule has 0 aliphatic heterocycles. The molecule has 35 heteroatoms. The molecule has 644 valence electrons. The normalized spacial score (nSPS) is 10.1. The van der Waals surface area contributed by atoms with Crippen LogP contribution in [0.5, 0.6) is 69.0 Å². The highest BCUT2D eigenvalue weighted by molar-refractivity contribution is 6.07. The highest BCUT2D eigenvalue weighted by atomic mass is 19.1. The number of nitrogens with zero attached hydrogens (tertiary/aromatic N) is 14. The number of pyridine rings is 2. The summed E-state index contributed by atoms with van der Waals surface area (Å²) in [5.41, 5.74) is 5.18. The minimum Gasteiger partial charge on any atom is -0.494 e. The van der Waals surface area contributed by atoms with E-state index in [2.05, 4.69) is 104 Å². The molecular weight excluding hydrogens is 1680 g/mol. The van der Waals surface area contributed by atoms with Crippen molar-refractivity contribution in [2.45, 2.75) is 33.8 Å². The standard InChI is InChI=1S/C20H12N4O2.C19H11F2N3O2.C19H17FN4O3.C19H14N4O2.C18H15FN4O3/c1-2-14-4-3-5-16(6-14)20(25)24-17-7-15(10-21)8-18(9-17)26-19-11-22-13-23-12-19;1-2-12-5-13(3-4-18(12)21)19(25)24-15-6-14(20)7-16(8-15)26-17-9-22-11-23-10-17;1-12(2)26-15-3-4-23-18(8-15)19(25)24-14-5-13(20)6-16(7-14)27-17-9-21-11-22-10-17;1-13-3-2-4-15(5-13)19(24)23-16-6-14(9-20)7-17(8-16)25-18-10-21-12-22-11-18;1-2-25-14-3-4-22-17(8-14)18(24)23-13-5-12(19)6-15(7-13)26-16-9-20-11-21-10-16/h1,3-9,11-13H,(H,24,25);1,3-11H,(H,24,25);3-12H,1-2H3,(H,24,25);2-8,10-12H,1H3,(H,23,24);3-11H,2H2,1H3,(H,23,24). The predicted octanol–water partition coefficient (Wildman–Crippen LogP) is 18.2. The molecule has 0 aliphatic rings. The Labute approximate surface area is 739 Å². The van der Waals surface area contributed by atoms with Gasteiger partial charge in [0.2, 0.25) is 0 Å². The molecule has 0 bridgehead atoms. The van der Waals surface area contributed by atoms with E-state index < -0.39 is 41.0 Å². The van der Waals surface area contributed by atoms with E-state index in [4.69, 9.17) is 46.0 Å². The van der Waals surface area contributed by atoms with E-state index in [1.165, 1.54) is 173 Å². The molecule has 0 aliphatic carbocycles. The maximum absolute atomic E-state index is 13.9. The summed E-state index contributed by atoms with van der Waals surface area (Å²) in [6.07, 6.45) is 34.9. The van der Waals surface area contributed by atoms with Crippen LogP contribution in [0.2, 0.25) is 0 Å². The van der Waals surface area contributed by atoms with Gasteiger partial charge in [0.1, 0.15) is 107 Å². The fourth-order valence-corrected chi connectivity index (χ4v) is 11.0. The van der Waals surface area contributed by atoms with Crippen molar-refractivity contribution < 1.29 is 74.7 Å². The number of terminal acetylenes is 2. The van der Waals surface area contributed by atoms with Crippen LogP contribution in [-0.2, 0) is 0 Å². The number of anilines is 5. The summed E-state index contributed by atoms with van der Waals surface area (Å²) >= 11 is 0. The Morgan fingerprint density at radius 3 is 1.07 bits per heavy atom. The number of carbonyl (C=O) groups excluding carboxylic acids is 5. The van der Waals surface area contributed by atoms with Gasteiger partial charge in [0.25, 0.3) is 29.5 Å². The van der Waals surface area contributed by atoms with Crippen LogP contribution in [0.25, 0.3) is 0 Å². The summed E-state index contributed by atoms with van der Waals surface area (Å²) in [5.74, 6) is 4.40. The number of aryl methyl sites for hydroxylation is 1. The summed E-state index contributed by atoms with van der Waals surface area (Å²) < 4.78 is 93.6. The number of ether oxygens (including phenoxy) is 7. The molecule has 5 amide bonds. The lowest BCUT2D eigenvalue weighted by Gasteiger charge is -2.11. The van der Waals surface area contributed by atoms with E-state index in [0.29, 0.717) is 97.5 Å². The zero-order chi connectivity index (χ0) is 92.1. The van der Waals surface area contributed by atoms with Gasteiger partial charge in [-0.05, 0) is 131 Å². The Hall–Kier alpha value is -18.8. The summed E-state index contributed by atoms with van der Waals surface area (Å²) in [6, 6.07) is 49.0.